The lowest BCUT2D eigenvalue weighted by Crippen LogP contribution is -2.27. The van der Waals surface area contributed by atoms with E-state index >= 15 is 0 Å². The van der Waals surface area contributed by atoms with Crippen molar-refractivity contribution in [2.45, 2.75) is 11.8 Å². The van der Waals surface area contributed by atoms with Gasteiger partial charge in [-0.2, -0.15) is 12.6 Å². The number of alkyl halides is 1. The molecule has 2 nitrogen and oxygen atoms in total. The Kier molecular flexibility index (Phi) is 2.86. The second-order valence-corrected chi connectivity index (χ2v) is 3.43. The molecular weight excluding hydrogens is 170 g/mol. The molecule has 0 saturated carbocycles. The first-order valence-corrected chi connectivity index (χ1v) is 4.33. The van der Waals surface area contributed by atoms with Crippen molar-refractivity contribution < 1.29 is 4.79 Å². The second-order valence-electron chi connectivity index (χ2n) is 2.36. The summed E-state index contributed by atoms with van der Waals surface area (Å²) < 4.78 is 0. The number of halogens is 1. The van der Waals surface area contributed by atoms with Crippen molar-refractivity contribution in [3.8, 4) is 0 Å². The van der Waals surface area contributed by atoms with Gasteiger partial charge in [0.15, 0.2) is 0 Å². The molecule has 0 aromatic carbocycles. The minimum absolute atomic E-state index is 0.0207. The summed E-state index contributed by atoms with van der Waals surface area (Å²) in [5, 5.41) is 0.0207. The predicted octanol–water partition coefficient (Wildman–Crippen LogP) is 0.756. The highest BCUT2D eigenvalue weighted by Gasteiger charge is 2.26. The monoisotopic (exact) mass is 179 g/mol. The maximum Gasteiger partial charge on any atom is 0.224 e. The molecule has 10 heavy (non-hydrogen) atoms. The van der Waals surface area contributed by atoms with Gasteiger partial charge in [0.05, 0.1) is 5.38 Å². The topological polar surface area (TPSA) is 20.3 Å². The van der Waals surface area contributed by atoms with Crippen LogP contribution in [0.3, 0.4) is 0 Å². The van der Waals surface area contributed by atoms with E-state index in [4.69, 9.17) is 11.6 Å². The summed E-state index contributed by atoms with van der Waals surface area (Å²) in [4.78, 5) is 12.7. The van der Waals surface area contributed by atoms with Gasteiger partial charge in [0.1, 0.15) is 0 Å². The molecular formula is C6H10ClNOS. The first kappa shape index (κ1) is 8.21. The molecule has 0 N–H and O–H groups in total. The molecule has 1 saturated heterocycles. The number of carbonyl (C=O) groups excluding carboxylic acids is 1. The molecule has 1 fully saturated rings. The van der Waals surface area contributed by atoms with Gasteiger partial charge in [0, 0.05) is 25.3 Å². The van der Waals surface area contributed by atoms with Gasteiger partial charge in [-0.3, -0.25) is 4.79 Å². The summed E-state index contributed by atoms with van der Waals surface area (Å²) in [6.07, 6.45) is 0.495. The Morgan fingerprint density at radius 1 is 1.80 bits per heavy atom. The van der Waals surface area contributed by atoms with Crippen molar-refractivity contribution in [2.75, 3.05) is 18.8 Å². The van der Waals surface area contributed by atoms with Crippen LogP contribution in [0.5, 0.6) is 0 Å². The van der Waals surface area contributed by atoms with Crippen LogP contribution in [0, 0.1) is 0 Å². The van der Waals surface area contributed by atoms with Crippen LogP contribution in [0.1, 0.15) is 6.42 Å². The normalized spacial score (nSPS) is 26.0. The molecule has 0 aromatic rings. The highest BCUT2D eigenvalue weighted by molar-refractivity contribution is 7.80. The summed E-state index contributed by atoms with van der Waals surface area (Å²) in [6, 6.07) is 0. The fraction of sp³-hybridized carbons (Fsp3) is 0.833. The maximum atomic E-state index is 11.0. The van der Waals surface area contributed by atoms with Crippen LogP contribution in [0.25, 0.3) is 0 Å². The van der Waals surface area contributed by atoms with Gasteiger partial charge in [0.2, 0.25) is 5.91 Å². The standard InChI is InChI=1S/C6H10ClNOS/c7-5-3-6(9)8(4-5)1-2-10/h5,10H,1-4H2. The zero-order valence-corrected chi connectivity index (χ0v) is 7.24. The predicted molar refractivity (Wildman–Crippen MR) is 44.7 cm³/mol. The van der Waals surface area contributed by atoms with Crippen LogP contribution < -0.4 is 0 Å². The van der Waals surface area contributed by atoms with Gasteiger partial charge < -0.3 is 4.90 Å². The van der Waals surface area contributed by atoms with Gasteiger partial charge in [0.25, 0.3) is 0 Å². The van der Waals surface area contributed by atoms with Crippen LogP contribution in [0.15, 0.2) is 0 Å². The number of hydrogen-bond acceptors (Lipinski definition) is 2. The van der Waals surface area contributed by atoms with E-state index in [2.05, 4.69) is 12.6 Å². The van der Waals surface area contributed by atoms with E-state index in [1.165, 1.54) is 0 Å². The molecule has 1 atom stereocenters. The molecule has 0 radical (unpaired) electrons. The lowest BCUT2D eigenvalue weighted by atomic mass is 10.4. The van der Waals surface area contributed by atoms with E-state index < -0.39 is 0 Å². The molecule has 4 heteroatoms. The number of thiol groups is 1. The van der Waals surface area contributed by atoms with Crippen molar-refractivity contribution in [2.24, 2.45) is 0 Å². The van der Waals surface area contributed by atoms with Crippen molar-refractivity contribution >= 4 is 30.1 Å². The van der Waals surface area contributed by atoms with Gasteiger partial charge >= 0.3 is 0 Å². The number of hydrogen-bond donors (Lipinski definition) is 1. The number of nitrogens with zero attached hydrogens (tertiary/aromatic N) is 1. The Morgan fingerprint density at radius 2 is 2.50 bits per heavy atom. The van der Waals surface area contributed by atoms with Crippen molar-refractivity contribution in [3.05, 3.63) is 0 Å². The minimum atomic E-state index is 0.0207. The van der Waals surface area contributed by atoms with Crippen molar-refractivity contribution in [1.29, 1.82) is 0 Å². The molecule has 0 bridgehead atoms. The van der Waals surface area contributed by atoms with Crippen molar-refractivity contribution in [3.63, 3.8) is 0 Å². The highest BCUT2D eigenvalue weighted by atomic mass is 35.5. The Morgan fingerprint density at radius 3 is 2.90 bits per heavy atom. The fourth-order valence-electron chi connectivity index (χ4n) is 1.06. The van der Waals surface area contributed by atoms with Gasteiger partial charge in [-0.05, 0) is 0 Å². The van der Waals surface area contributed by atoms with E-state index in [0.29, 0.717) is 13.0 Å². The molecule has 0 aliphatic carbocycles. The quantitative estimate of drug-likeness (QED) is 0.490. The minimum Gasteiger partial charge on any atom is -0.340 e. The van der Waals surface area contributed by atoms with E-state index in [-0.39, 0.29) is 11.3 Å². The third-order valence-electron chi connectivity index (χ3n) is 1.54. The fourth-order valence-corrected chi connectivity index (χ4v) is 1.60. The molecule has 1 amide bonds. The van der Waals surface area contributed by atoms with Crippen LogP contribution in [-0.4, -0.2) is 35.0 Å². The maximum absolute atomic E-state index is 11.0. The Bertz CT molecular complexity index is 142. The molecule has 58 valence electrons. The molecule has 1 heterocycles. The molecule has 0 spiro atoms. The van der Waals surface area contributed by atoms with Crippen LogP contribution in [-0.2, 0) is 4.79 Å². The van der Waals surface area contributed by atoms with Crippen molar-refractivity contribution in [1.82, 2.24) is 4.90 Å². The smallest absolute Gasteiger partial charge is 0.224 e. The van der Waals surface area contributed by atoms with E-state index in [0.717, 1.165) is 12.3 Å². The average molecular weight is 180 g/mol. The Balaban J connectivity index is 2.39. The molecule has 1 rings (SSSR count). The van der Waals surface area contributed by atoms with E-state index in [9.17, 15) is 4.79 Å². The van der Waals surface area contributed by atoms with Gasteiger partial charge in [-0.25, -0.2) is 0 Å². The van der Waals surface area contributed by atoms with Gasteiger partial charge in [-0.15, -0.1) is 11.6 Å². The molecule has 0 aromatic heterocycles. The number of likely N-dealkylation sites (tertiary alicyclic amines) is 1. The first-order chi connectivity index (χ1) is 4.74. The average Bonchev–Trinajstić information content (AvgIpc) is 2.13. The highest BCUT2D eigenvalue weighted by Crippen LogP contribution is 2.15. The van der Waals surface area contributed by atoms with Gasteiger partial charge in [-0.1, -0.05) is 0 Å². The summed E-state index contributed by atoms with van der Waals surface area (Å²) in [5.74, 6) is 0.879. The number of amides is 1. The number of carbonyl (C=O) groups is 1. The Labute approximate surface area is 70.9 Å². The van der Waals surface area contributed by atoms with Crippen LogP contribution in [0.2, 0.25) is 0 Å². The summed E-state index contributed by atoms with van der Waals surface area (Å²) in [7, 11) is 0. The molecule has 1 unspecified atom stereocenters. The number of rotatable bonds is 2. The largest absolute Gasteiger partial charge is 0.340 e. The summed E-state index contributed by atoms with van der Waals surface area (Å²) in [6.45, 7) is 1.42. The van der Waals surface area contributed by atoms with E-state index in [1.807, 2.05) is 0 Å². The molecule has 1 aliphatic rings. The molecule has 1 aliphatic heterocycles. The third-order valence-corrected chi connectivity index (χ3v) is 2.03. The second kappa shape index (κ2) is 3.49. The zero-order chi connectivity index (χ0) is 7.56. The van der Waals surface area contributed by atoms with Crippen LogP contribution in [0.4, 0.5) is 0 Å². The Hall–Kier alpha value is 0.110. The summed E-state index contributed by atoms with van der Waals surface area (Å²) in [5.41, 5.74) is 0. The zero-order valence-electron chi connectivity index (χ0n) is 5.59. The summed E-state index contributed by atoms with van der Waals surface area (Å²) >= 11 is 9.78. The lowest BCUT2D eigenvalue weighted by Gasteiger charge is -2.12. The third kappa shape index (κ3) is 1.80. The van der Waals surface area contributed by atoms with E-state index in [1.54, 1.807) is 4.90 Å². The van der Waals surface area contributed by atoms with Crippen LogP contribution >= 0.6 is 24.2 Å². The SMILES string of the molecule is O=C1CC(Cl)CN1CCS. The lowest BCUT2D eigenvalue weighted by molar-refractivity contribution is -0.127. The first-order valence-electron chi connectivity index (χ1n) is 3.26.